The molecule has 0 unspecified atom stereocenters. The van der Waals surface area contributed by atoms with Gasteiger partial charge in [-0.15, -0.1) is 0 Å². The van der Waals surface area contributed by atoms with Gasteiger partial charge in [0.2, 0.25) is 0 Å². The van der Waals surface area contributed by atoms with E-state index < -0.39 is 0 Å². The Balaban J connectivity index is 2.26. The topological polar surface area (TPSA) is 29.4 Å². The highest BCUT2D eigenvalue weighted by atomic mass is 16.3. The number of nitrogens with zero attached hydrogens (tertiary/aromatic N) is 1. The second-order valence-corrected chi connectivity index (χ2v) is 3.53. The first-order valence-corrected chi connectivity index (χ1v) is 4.98. The molecular weight excluding hydrogens is 174 g/mol. The van der Waals surface area contributed by atoms with Crippen molar-refractivity contribution in [1.29, 1.82) is 0 Å². The van der Waals surface area contributed by atoms with Crippen molar-refractivity contribution in [3.63, 3.8) is 0 Å². The van der Waals surface area contributed by atoms with Crippen molar-refractivity contribution >= 4 is 5.57 Å². The number of aryl methyl sites for hydroxylation is 1. The molecule has 0 saturated heterocycles. The fourth-order valence-corrected chi connectivity index (χ4v) is 1.97. The van der Waals surface area contributed by atoms with Gasteiger partial charge in [0.15, 0.2) is 0 Å². The second-order valence-electron chi connectivity index (χ2n) is 3.53. The van der Waals surface area contributed by atoms with Crippen molar-refractivity contribution in [3.8, 4) is 0 Å². The Labute approximate surface area is 83.6 Å². The highest BCUT2D eigenvalue weighted by Crippen LogP contribution is 2.28. The lowest BCUT2D eigenvalue weighted by molar-refractivity contribution is 0.937. The zero-order valence-electron chi connectivity index (χ0n) is 8.07. The maximum atomic E-state index is 10.1. The molecular formula is C12H13NO. The molecule has 0 aliphatic heterocycles. The number of hydrogen-bond acceptors (Lipinski definition) is 2. The van der Waals surface area contributed by atoms with Gasteiger partial charge in [-0.1, -0.05) is 35.5 Å². The lowest BCUT2D eigenvalue weighted by Crippen LogP contribution is -2.00. The Morgan fingerprint density at radius 3 is 3.00 bits per heavy atom. The lowest BCUT2D eigenvalue weighted by Gasteiger charge is -2.16. The van der Waals surface area contributed by atoms with Gasteiger partial charge in [-0.2, -0.15) is 4.91 Å². The van der Waals surface area contributed by atoms with E-state index >= 15 is 0 Å². The molecule has 1 aliphatic rings. The summed E-state index contributed by atoms with van der Waals surface area (Å²) in [6.45, 7) is 0.389. The van der Waals surface area contributed by atoms with E-state index in [1.165, 1.54) is 16.7 Å². The summed E-state index contributed by atoms with van der Waals surface area (Å²) in [7, 11) is 0. The highest BCUT2D eigenvalue weighted by molar-refractivity contribution is 5.70. The van der Waals surface area contributed by atoms with E-state index in [4.69, 9.17) is 0 Å². The van der Waals surface area contributed by atoms with Crippen LogP contribution in [0.5, 0.6) is 0 Å². The summed E-state index contributed by atoms with van der Waals surface area (Å²) in [5, 5.41) is 2.91. The fourth-order valence-electron chi connectivity index (χ4n) is 1.97. The van der Waals surface area contributed by atoms with Crippen molar-refractivity contribution in [2.24, 2.45) is 5.18 Å². The first kappa shape index (κ1) is 9.13. The van der Waals surface area contributed by atoms with Crippen LogP contribution in [0.1, 0.15) is 24.0 Å². The normalized spacial score (nSPS) is 14.4. The SMILES string of the molecule is O=NCCC1=CCCc2ccccc21. The first-order chi connectivity index (χ1) is 6.92. The van der Waals surface area contributed by atoms with Gasteiger partial charge in [0, 0.05) is 0 Å². The molecule has 1 aromatic rings. The molecule has 0 atom stereocenters. The maximum Gasteiger partial charge on any atom is 0.0851 e. The number of rotatable bonds is 3. The molecule has 0 fully saturated rings. The Hall–Kier alpha value is -1.44. The van der Waals surface area contributed by atoms with Crippen LogP contribution in [0.2, 0.25) is 0 Å². The van der Waals surface area contributed by atoms with E-state index in [1.54, 1.807) is 0 Å². The van der Waals surface area contributed by atoms with Crippen molar-refractivity contribution in [2.75, 3.05) is 6.54 Å². The van der Waals surface area contributed by atoms with E-state index in [9.17, 15) is 4.91 Å². The van der Waals surface area contributed by atoms with Crippen LogP contribution < -0.4 is 0 Å². The van der Waals surface area contributed by atoms with Crippen LogP contribution in [0.3, 0.4) is 0 Å². The van der Waals surface area contributed by atoms with Crippen LogP contribution in [-0.4, -0.2) is 6.54 Å². The average molecular weight is 187 g/mol. The molecule has 0 amide bonds. The maximum absolute atomic E-state index is 10.1. The molecule has 1 aliphatic carbocycles. The minimum atomic E-state index is 0.389. The smallest absolute Gasteiger partial charge is 0.0851 e. The standard InChI is InChI=1S/C12H13NO/c14-13-9-8-11-6-3-5-10-4-1-2-7-12(10)11/h1-2,4,6-7H,3,5,8-9H2. The Kier molecular flexibility index (Phi) is 2.73. The van der Waals surface area contributed by atoms with Crippen molar-refractivity contribution in [2.45, 2.75) is 19.3 Å². The van der Waals surface area contributed by atoms with Gasteiger partial charge in [-0.25, -0.2) is 0 Å². The summed E-state index contributed by atoms with van der Waals surface area (Å²) >= 11 is 0. The molecule has 0 heterocycles. The third-order valence-corrected chi connectivity index (χ3v) is 2.64. The van der Waals surface area contributed by atoms with Crippen molar-refractivity contribution < 1.29 is 0 Å². The van der Waals surface area contributed by atoms with Crippen LogP contribution in [0.25, 0.3) is 5.57 Å². The summed E-state index contributed by atoms with van der Waals surface area (Å²) in [4.78, 5) is 10.1. The second kappa shape index (κ2) is 4.18. The van der Waals surface area contributed by atoms with Crippen LogP contribution >= 0.6 is 0 Å². The van der Waals surface area contributed by atoms with E-state index in [2.05, 4.69) is 29.5 Å². The summed E-state index contributed by atoms with van der Waals surface area (Å²) < 4.78 is 0. The van der Waals surface area contributed by atoms with Gasteiger partial charge in [0.05, 0.1) is 6.54 Å². The predicted molar refractivity (Wildman–Crippen MR) is 58.0 cm³/mol. The molecule has 72 valence electrons. The lowest BCUT2D eigenvalue weighted by atomic mass is 9.89. The summed E-state index contributed by atoms with van der Waals surface area (Å²) in [6.07, 6.45) is 5.22. The van der Waals surface area contributed by atoms with Gasteiger partial charge in [0.25, 0.3) is 0 Å². The largest absolute Gasteiger partial charge is 0.151 e. The van der Waals surface area contributed by atoms with Crippen LogP contribution in [-0.2, 0) is 6.42 Å². The summed E-state index contributed by atoms with van der Waals surface area (Å²) in [5.41, 5.74) is 3.99. The van der Waals surface area contributed by atoms with Gasteiger partial charge in [-0.05, 0) is 36.0 Å². The minimum Gasteiger partial charge on any atom is -0.151 e. The number of nitroso groups, excluding NO2 is 1. The molecule has 1 aromatic carbocycles. The van der Waals surface area contributed by atoms with E-state index in [0.29, 0.717) is 6.54 Å². The molecule has 2 nitrogen and oxygen atoms in total. The van der Waals surface area contributed by atoms with Gasteiger partial charge in [-0.3, -0.25) is 0 Å². The number of fused-ring (bicyclic) bond motifs is 1. The van der Waals surface area contributed by atoms with Crippen LogP contribution in [0.4, 0.5) is 0 Å². The zero-order valence-corrected chi connectivity index (χ0v) is 8.07. The number of benzene rings is 1. The molecule has 14 heavy (non-hydrogen) atoms. The molecule has 2 rings (SSSR count). The quantitative estimate of drug-likeness (QED) is 0.668. The summed E-state index contributed by atoms with van der Waals surface area (Å²) in [5.74, 6) is 0. The van der Waals surface area contributed by atoms with Crippen LogP contribution in [0.15, 0.2) is 35.5 Å². The Morgan fingerprint density at radius 2 is 2.14 bits per heavy atom. The van der Waals surface area contributed by atoms with Gasteiger partial charge in [0.1, 0.15) is 0 Å². The molecule has 0 aromatic heterocycles. The van der Waals surface area contributed by atoms with Gasteiger partial charge >= 0.3 is 0 Å². The first-order valence-electron chi connectivity index (χ1n) is 4.98. The predicted octanol–water partition coefficient (Wildman–Crippen LogP) is 3.17. The third kappa shape index (κ3) is 1.74. The molecule has 0 radical (unpaired) electrons. The molecule has 0 N–H and O–H groups in total. The monoisotopic (exact) mass is 187 g/mol. The third-order valence-electron chi connectivity index (χ3n) is 2.64. The van der Waals surface area contributed by atoms with E-state index in [0.717, 1.165) is 19.3 Å². The zero-order chi connectivity index (χ0) is 9.80. The van der Waals surface area contributed by atoms with E-state index in [1.807, 2.05) is 6.07 Å². The van der Waals surface area contributed by atoms with Crippen molar-refractivity contribution in [3.05, 3.63) is 46.4 Å². The number of allylic oxidation sites excluding steroid dienone is 1. The molecule has 0 spiro atoms. The average Bonchev–Trinajstić information content (AvgIpc) is 2.26. The van der Waals surface area contributed by atoms with Crippen molar-refractivity contribution in [1.82, 2.24) is 0 Å². The molecule has 0 saturated carbocycles. The Bertz CT molecular complexity index is 368. The molecule has 2 heteroatoms. The van der Waals surface area contributed by atoms with Gasteiger partial charge < -0.3 is 0 Å². The minimum absolute atomic E-state index is 0.389. The summed E-state index contributed by atoms with van der Waals surface area (Å²) in [6, 6.07) is 8.41. The highest BCUT2D eigenvalue weighted by Gasteiger charge is 2.10. The Morgan fingerprint density at radius 1 is 1.29 bits per heavy atom. The fraction of sp³-hybridized carbons (Fsp3) is 0.333. The van der Waals surface area contributed by atoms with E-state index in [-0.39, 0.29) is 0 Å². The molecule has 0 bridgehead atoms. The van der Waals surface area contributed by atoms with Crippen LogP contribution in [0, 0.1) is 4.91 Å². The number of hydrogen-bond donors (Lipinski definition) is 0.